The molecule has 1 N–H and O–H groups in total. The fourth-order valence-corrected chi connectivity index (χ4v) is 1.58. The highest BCUT2D eigenvalue weighted by Crippen LogP contribution is 2.31. The van der Waals surface area contributed by atoms with Crippen molar-refractivity contribution in [2.45, 2.75) is 6.10 Å². The van der Waals surface area contributed by atoms with E-state index in [4.69, 9.17) is 4.74 Å². The summed E-state index contributed by atoms with van der Waals surface area (Å²) in [5, 5.41) is 10.1. The van der Waals surface area contributed by atoms with E-state index in [2.05, 4.69) is 9.97 Å². The number of halogens is 1. The molecule has 0 amide bonds. The van der Waals surface area contributed by atoms with Gasteiger partial charge in [0.05, 0.1) is 12.7 Å². The predicted octanol–water partition coefficient (Wildman–Crippen LogP) is 1.71. The van der Waals surface area contributed by atoms with E-state index >= 15 is 0 Å². The fourth-order valence-electron chi connectivity index (χ4n) is 1.58. The molecule has 17 heavy (non-hydrogen) atoms. The molecule has 0 aliphatic rings. The zero-order chi connectivity index (χ0) is 12.3. The summed E-state index contributed by atoms with van der Waals surface area (Å²) in [4.78, 5) is 7.56. The first-order valence-corrected chi connectivity index (χ1v) is 4.99. The van der Waals surface area contributed by atoms with Crippen LogP contribution in [0.3, 0.4) is 0 Å². The van der Waals surface area contributed by atoms with Crippen molar-refractivity contribution in [3.8, 4) is 5.75 Å². The molecule has 1 aromatic carbocycles. The minimum atomic E-state index is -1.15. The van der Waals surface area contributed by atoms with Gasteiger partial charge in [0.15, 0.2) is 0 Å². The number of rotatable bonds is 3. The molecule has 5 heteroatoms. The SMILES string of the molecule is COc1cccc(F)c1C(O)c1cncnc1. The second-order valence-corrected chi connectivity index (χ2v) is 3.43. The molecule has 0 aliphatic heterocycles. The Balaban J connectivity index is 2.47. The summed E-state index contributed by atoms with van der Waals surface area (Å²) in [6, 6.07) is 4.38. The van der Waals surface area contributed by atoms with E-state index in [1.54, 1.807) is 6.07 Å². The average Bonchev–Trinajstić information content (AvgIpc) is 2.38. The summed E-state index contributed by atoms with van der Waals surface area (Å²) in [7, 11) is 1.42. The highest BCUT2D eigenvalue weighted by molar-refractivity contribution is 5.40. The lowest BCUT2D eigenvalue weighted by Crippen LogP contribution is -2.06. The fraction of sp³-hybridized carbons (Fsp3) is 0.167. The third-order valence-electron chi connectivity index (χ3n) is 2.40. The monoisotopic (exact) mass is 234 g/mol. The van der Waals surface area contributed by atoms with Crippen molar-refractivity contribution in [2.75, 3.05) is 7.11 Å². The van der Waals surface area contributed by atoms with Crippen molar-refractivity contribution in [3.63, 3.8) is 0 Å². The normalized spacial score (nSPS) is 12.2. The summed E-state index contributed by atoms with van der Waals surface area (Å²) < 4.78 is 18.7. The molecular formula is C12H11FN2O2. The van der Waals surface area contributed by atoms with Crippen LogP contribution in [0.2, 0.25) is 0 Å². The Morgan fingerprint density at radius 1 is 1.29 bits per heavy atom. The number of methoxy groups -OCH3 is 1. The first-order chi connectivity index (χ1) is 8.24. The number of hydrogen-bond donors (Lipinski definition) is 1. The lowest BCUT2D eigenvalue weighted by molar-refractivity contribution is 0.208. The van der Waals surface area contributed by atoms with E-state index < -0.39 is 11.9 Å². The van der Waals surface area contributed by atoms with Gasteiger partial charge in [-0.2, -0.15) is 0 Å². The molecule has 0 bridgehead atoms. The summed E-state index contributed by atoms with van der Waals surface area (Å²) in [6.07, 6.45) is 3.06. The van der Waals surface area contributed by atoms with Gasteiger partial charge in [-0.3, -0.25) is 0 Å². The summed E-state index contributed by atoms with van der Waals surface area (Å²) in [5.41, 5.74) is 0.501. The lowest BCUT2D eigenvalue weighted by Gasteiger charge is -2.15. The van der Waals surface area contributed by atoms with Crippen LogP contribution < -0.4 is 4.74 Å². The molecule has 1 atom stereocenters. The summed E-state index contributed by atoms with van der Waals surface area (Å²) in [5.74, 6) is -0.234. The van der Waals surface area contributed by atoms with Gasteiger partial charge in [-0.05, 0) is 12.1 Å². The maximum Gasteiger partial charge on any atom is 0.133 e. The summed E-state index contributed by atoms with van der Waals surface area (Å²) in [6.45, 7) is 0. The second kappa shape index (κ2) is 4.88. The highest BCUT2D eigenvalue weighted by atomic mass is 19.1. The van der Waals surface area contributed by atoms with Crippen LogP contribution in [-0.2, 0) is 0 Å². The first kappa shape index (κ1) is 11.5. The topological polar surface area (TPSA) is 55.2 Å². The van der Waals surface area contributed by atoms with Crippen LogP contribution in [0.5, 0.6) is 5.75 Å². The molecule has 1 unspecified atom stereocenters. The Labute approximate surface area is 97.7 Å². The summed E-state index contributed by atoms with van der Waals surface area (Å²) >= 11 is 0. The van der Waals surface area contributed by atoms with E-state index in [0.29, 0.717) is 11.3 Å². The molecule has 0 radical (unpaired) electrons. The van der Waals surface area contributed by atoms with Crippen LogP contribution in [0.25, 0.3) is 0 Å². The number of aliphatic hydroxyl groups is 1. The highest BCUT2D eigenvalue weighted by Gasteiger charge is 2.20. The van der Waals surface area contributed by atoms with Gasteiger partial charge in [-0.1, -0.05) is 6.07 Å². The standard InChI is InChI=1S/C12H11FN2O2/c1-17-10-4-2-3-9(13)11(10)12(16)8-5-14-7-15-6-8/h2-7,12,16H,1H3. The van der Waals surface area contributed by atoms with Crippen molar-refractivity contribution in [3.05, 3.63) is 53.9 Å². The molecule has 88 valence electrons. The molecule has 2 aromatic rings. The largest absolute Gasteiger partial charge is 0.496 e. The molecule has 2 rings (SSSR count). The zero-order valence-electron chi connectivity index (χ0n) is 9.17. The maximum atomic E-state index is 13.7. The lowest BCUT2D eigenvalue weighted by atomic mass is 10.0. The van der Waals surface area contributed by atoms with Gasteiger partial charge in [-0.25, -0.2) is 14.4 Å². The molecule has 1 aromatic heterocycles. The molecule has 0 saturated heterocycles. The van der Waals surface area contributed by atoms with Crippen LogP contribution in [0.15, 0.2) is 36.9 Å². The van der Waals surface area contributed by atoms with Crippen LogP contribution in [0.1, 0.15) is 17.2 Å². The smallest absolute Gasteiger partial charge is 0.133 e. The number of nitrogens with zero attached hydrogens (tertiary/aromatic N) is 2. The Morgan fingerprint density at radius 3 is 2.65 bits per heavy atom. The molecule has 0 saturated carbocycles. The molecule has 0 spiro atoms. The molecule has 4 nitrogen and oxygen atoms in total. The third kappa shape index (κ3) is 2.24. The Morgan fingerprint density at radius 2 is 2.00 bits per heavy atom. The van der Waals surface area contributed by atoms with Gasteiger partial charge in [0, 0.05) is 18.0 Å². The number of aromatic nitrogens is 2. The van der Waals surface area contributed by atoms with E-state index in [-0.39, 0.29) is 5.56 Å². The van der Waals surface area contributed by atoms with E-state index in [9.17, 15) is 9.50 Å². The molecule has 1 heterocycles. The van der Waals surface area contributed by atoms with Crippen molar-refractivity contribution < 1.29 is 14.2 Å². The van der Waals surface area contributed by atoms with Gasteiger partial charge in [0.2, 0.25) is 0 Å². The first-order valence-electron chi connectivity index (χ1n) is 4.99. The Bertz CT molecular complexity index is 505. The van der Waals surface area contributed by atoms with Crippen LogP contribution >= 0.6 is 0 Å². The number of ether oxygens (including phenoxy) is 1. The zero-order valence-corrected chi connectivity index (χ0v) is 9.17. The van der Waals surface area contributed by atoms with Gasteiger partial charge in [0.1, 0.15) is 24.0 Å². The Hall–Kier alpha value is -2.01. The third-order valence-corrected chi connectivity index (χ3v) is 2.40. The van der Waals surface area contributed by atoms with Gasteiger partial charge < -0.3 is 9.84 Å². The Kier molecular flexibility index (Phi) is 3.30. The van der Waals surface area contributed by atoms with Gasteiger partial charge in [0.25, 0.3) is 0 Å². The van der Waals surface area contributed by atoms with Crippen LogP contribution in [-0.4, -0.2) is 22.2 Å². The minimum absolute atomic E-state index is 0.0878. The molecule has 0 aliphatic carbocycles. The minimum Gasteiger partial charge on any atom is -0.496 e. The van der Waals surface area contributed by atoms with Crippen molar-refractivity contribution in [1.29, 1.82) is 0 Å². The van der Waals surface area contributed by atoms with Crippen LogP contribution in [0, 0.1) is 5.82 Å². The number of aliphatic hydroxyl groups excluding tert-OH is 1. The number of hydrogen-bond acceptors (Lipinski definition) is 4. The van der Waals surface area contributed by atoms with E-state index in [1.807, 2.05) is 0 Å². The quantitative estimate of drug-likeness (QED) is 0.878. The predicted molar refractivity (Wildman–Crippen MR) is 59.0 cm³/mol. The second-order valence-electron chi connectivity index (χ2n) is 3.43. The van der Waals surface area contributed by atoms with E-state index in [1.165, 1.54) is 38.0 Å². The average molecular weight is 234 g/mol. The van der Waals surface area contributed by atoms with Crippen LogP contribution in [0.4, 0.5) is 4.39 Å². The molecule has 0 fully saturated rings. The van der Waals surface area contributed by atoms with Gasteiger partial charge >= 0.3 is 0 Å². The maximum absolute atomic E-state index is 13.7. The van der Waals surface area contributed by atoms with Crippen molar-refractivity contribution in [1.82, 2.24) is 9.97 Å². The van der Waals surface area contributed by atoms with Crippen molar-refractivity contribution >= 4 is 0 Å². The molecular weight excluding hydrogens is 223 g/mol. The van der Waals surface area contributed by atoms with Gasteiger partial charge in [-0.15, -0.1) is 0 Å². The number of benzene rings is 1. The van der Waals surface area contributed by atoms with Crippen molar-refractivity contribution in [2.24, 2.45) is 0 Å². The van der Waals surface area contributed by atoms with E-state index in [0.717, 1.165) is 0 Å².